The zero-order valence-electron chi connectivity index (χ0n) is 15.5. The quantitative estimate of drug-likeness (QED) is 0.617. The van der Waals surface area contributed by atoms with Crippen LogP contribution in [0, 0.1) is 0 Å². The molecule has 1 atom stereocenters. The normalized spacial score (nSPS) is 11.5. The molecule has 0 aliphatic rings. The van der Waals surface area contributed by atoms with E-state index in [-0.39, 0.29) is 11.6 Å². The Kier molecular flexibility index (Phi) is 6.39. The molecule has 1 heterocycles. The van der Waals surface area contributed by atoms with Crippen LogP contribution in [-0.2, 0) is 16.1 Å². The molecule has 0 aliphatic heterocycles. The number of carbonyl (C=O) groups excluding carboxylic acids is 2. The van der Waals surface area contributed by atoms with Crippen molar-refractivity contribution in [1.82, 2.24) is 10.3 Å². The van der Waals surface area contributed by atoms with Gasteiger partial charge in [-0.25, -0.2) is 9.78 Å². The molecule has 0 unspecified atom stereocenters. The second-order valence-corrected chi connectivity index (χ2v) is 6.88. The number of methoxy groups -OCH3 is 1. The van der Waals surface area contributed by atoms with Crippen molar-refractivity contribution >= 4 is 23.2 Å². The van der Waals surface area contributed by atoms with Crippen LogP contribution in [0.4, 0.5) is 0 Å². The number of amides is 1. The van der Waals surface area contributed by atoms with E-state index < -0.39 is 12.1 Å². The van der Waals surface area contributed by atoms with E-state index in [1.54, 1.807) is 12.5 Å². The molecule has 3 rings (SSSR count). The standard InChI is InChI=1S/C21H20N2O4S/c1-14(19(24)22-12-15-6-4-3-5-7-15)27-21(25)18-13-28-20(23-18)16-8-10-17(26-2)11-9-16/h3-11,13-14H,12H2,1-2H3,(H,22,24)/t14-/m1/s1. The van der Waals surface area contributed by atoms with Crippen molar-refractivity contribution in [3.63, 3.8) is 0 Å². The second kappa shape index (κ2) is 9.14. The Morgan fingerprint density at radius 1 is 1.11 bits per heavy atom. The van der Waals surface area contributed by atoms with E-state index in [1.165, 1.54) is 18.3 Å². The molecule has 0 fully saturated rings. The maximum Gasteiger partial charge on any atom is 0.358 e. The number of rotatable bonds is 7. The molecular formula is C21H20N2O4S. The van der Waals surface area contributed by atoms with Crippen LogP contribution in [0.5, 0.6) is 5.75 Å². The molecule has 0 radical (unpaired) electrons. The summed E-state index contributed by atoms with van der Waals surface area (Å²) in [6.07, 6.45) is -0.914. The van der Waals surface area contributed by atoms with Crippen LogP contribution in [0.1, 0.15) is 23.0 Å². The number of ether oxygens (including phenoxy) is 2. The Morgan fingerprint density at radius 2 is 1.82 bits per heavy atom. The number of nitrogens with one attached hydrogen (secondary N) is 1. The maximum absolute atomic E-state index is 12.3. The number of esters is 1. The van der Waals surface area contributed by atoms with Crippen molar-refractivity contribution in [2.75, 3.05) is 7.11 Å². The summed E-state index contributed by atoms with van der Waals surface area (Å²) in [4.78, 5) is 28.8. The summed E-state index contributed by atoms with van der Waals surface area (Å²) in [5.74, 6) is -0.239. The maximum atomic E-state index is 12.3. The molecule has 1 aromatic heterocycles. The minimum absolute atomic E-state index is 0.179. The third kappa shape index (κ3) is 4.95. The van der Waals surface area contributed by atoms with Gasteiger partial charge in [-0.05, 0) is 36.8 Å². The fourth-order valence-electron chi connectivity index (χ4n) is 2.44. The first-order valence-corrected chi connectivity index (χ1v) is 9.57. The summed E-state index contributed by atoms with van der Waals surface area (Å²) in [6.45, 7) is 1.91. The predicted molar refractivity (Wildman–Crippen MR) is 107 cm³/mol. The molecular weight excluding hydrogens is 376 g/mol. The highest BCUT2D eigenvalue weighted by Crippen LogP contribution is 2.26. The Morgan fingerprint density at radius 3 is 2.50 bits per heavy atom. The van der Waals surface area contributed by atoms with E-state index >= 15 is 0 Å². The largest absolute Gasteiger partial charge is 0.497 e. The van der Waals surface area contributed by atoms with Gasteiger partial charge >= 0.3 is 5.97 Å². The average Bonchev–Trinajstić information content (AvgIpc) is 3.23. The van der Waals surface area contributed by atoms with Gasteiger partial charge in [0.05, 0.1) is 7.11 Å². The molecule has 144 valence electrons. The smallest absolute Gasteiger partial charge is 0.358 e. The summed E-state index contributed by atoms with van der Waals surface area (Å²) >= 11 is 1.33. The van der Waals surface area contributed by atoms with E-state index in [4.69, 9.17) is 9.47 Å². The van der Waals surface area contributed by atoms with Crippen LogP contribution < -0.4 is 10.1 Å². The summed E-state index contributed by atoms with van der Waals surface area (Å²) in [5, 5.41) is 5.06. The van der Waals surface area contributed by atoms with Crippen molar-refractivity contribution in [3.8, 4) is 16.3 Å². The van der Waals surface area contributed by atoms with Crippen molar-refractivity contribution in [2.45, 2.75) is 19.6 Å². The number of benzene rings is 2. The van der Waals surface area contributed by atoms with Crippen LogP contribution >= 0.6 is 11.3 Å². The van der Waals surface area contributed by atoms with Crippen LogP contribution in [0.3, 0.4) is 0 Å². The highest BCUT2D eigenvalue weighted by atomic mass is 32.1. The fourth-order valence-corrected chi connectivity index (χ4v) is 3.23. The lowest BCUT2D eigenvalue weighted by Crippen LogP contribution is -2.35. The molecule has 2 aromatic carbocycles. The highest BCUT2D eigenvalue weighted by molar-refractivity contribution is 7.13. The van der Waals surface area contributed by atoms with Gasteiger partial charge < -0.3 is 14.8 Å². The molecule has 1 amide bonds. The number of hydrogen-bond donors (Lipinski definition) is 1. The summed E-state index contributed by atoms with van der Waals surface area (Å²) < 4.78 is 10.4. The van der Waals surface area contributed by atoms with Crippen molar-refractivity contribution in [2.24, 2.45) is 0 Å². The number of aromatic nitrogens is 1. The minimum Gasteiger partial charge on any atom is -0.497 e. The molecule has 0 bridgehead atoms. The highest BCUT2D eigenvalue weighted by Gasteiger charge is 2.21. The van der Waals surface area contributed by atoms with E-state index in [1.807, 2.05) is 54.6 Å². The van der Waals surface area contributed by atoms with Gasteiger partial charge in [-0.15, -0.1) is 11.3 Å². The van der Waals surface area contributed by atoms with Crippen molar-refractivity contribution in [3.05, 3.63) is 71.2 Å². The molecule has 28 heavy (non-hydrogen) atoms. The number of carbonyl (C=O) groups is 2. The Bertz CT molecular complexity index is 939. The fraction of sp³-hybridized carbons (Fsp3) is 0.190. The SMILES string of the molecule is COc1ccc(-c2nc(C(=O)O[C@H](C)C(=O)NCc3ccccc3)cs2)cc1. The molecule has 3 aromatic rings. The molecule has 6 nitrogen and oxygen atoms in total. The lowest BCUT2D eigenvalue weighted by molar-refractivity contribution is -0.129. The number of nitrogens with zero attached hydrogens (tertiary/aromatic N) is 1. The van der Waals surface area contributed by atoms with Gasteiger partial charge in [0.25, 0.3) is 5.91 Å². The van der Waals surface area contributed by atoms with Crippen molar-refractivity contribution < 1.29 is 19.1 Å². The molecule has 0 saturated carbocycles. The lowest BCUT2D eigenvalue weighted by atomic mass is 10.2. The van der Waals surface area contributed by atoms with Crippen LogP contribution in [0.15, 0.2) is 60.0 Å². The monoisotopic (exact) mass is 396 g/mol. The molecule has 0 aliphatic carbocycles. The molecule has 0 saturated heterocycles. The van der Waals surface area contributed by atoms with Gasteiger partial charge in [-0.1, -0.05) is 30.3 Å². The Labute approximate surface area is 167 Å². The van der Waals surface area contributed by atoms with Gasteiger partial charge in [0.1, 0.15) is 10.8 Å². The topological polar surface area (TPSA) is 77.5 Å². The first-order valence-electron chi connectivity index (χ1n) is 8.69. The third-order valence-electron chi connectivity index (χ3n) is 4.01. The summed E-state index contributed by atoms with van der Waals surface area (Å²) in [5.41, 5.74) is 2.02. The zero-order chi connectivity index (χ0) is 19.9. The van der Waals surface area contributed by atoms with E-state index in [0.717, 1.165) is 16.9 Å². The molecule has 1 N–H and O–H groups in total. The van der Waals surface area contributed by atoms with E-state index in [2.05, 4.69) is 10.3 Å². The van der Waals surface area contributed by atoms with Gasteiger partial charge in [-0.3, -0.25) is 4.79 Å². The Balaban J connectivity index is 1.56. The third-order valence-corrected chi connectivity index (χ3v) is 4.90. The molecule has 7 heteroatoms. The predicted octanol–water partition coefficient (Wildman–Crippen LogP) is 3.68. The zero-order valence-corrected chi connectivity index (χ0v) is 16.4. The second-order valence-electron chi connectivity index (χ2n) is 6.02. The molecule has 0 spiro atoms. The van der Waals surface area contributed by atoms with Crippen LogP contribution in [0.25, 0.3) is 10.6 Å². The van der Waals surface area contributed by atoms with Crippen molar-refractivity contribution in [1.29, 1.82) is 0 Å². The van der Waals surface area contributed by atoms with Gasteiger partial charge in [-0.2, -0.15) is 0 Å². The van der Waals surface area contributed by atoms with Gasteiger partial charge in [0.15, 0.2) is 11.8 Å². The number of hydrogen-bond acceptors (Lipinski definition) is 6. The van der Waals surface area contributed by atoms with E-state index in [9.17, 15) is 9.59 Å². The first kappa shape index (κ1) is 19.6. The van der Waals surface area contributed by atoms with Gasteiger partial charge in [0.2, 0.25) is 0 Å². The summed E-state index contributed by atoms with van der Waals surface area (Å²) in [6, 6.07) is 16.9. The Hall–Kier alpha value is -3.19. The van der Waals surface area contributed by atoms with Crippen LogP contribution in [0.2, 0.25) is 0 Å². The lowest BCUT2D eigenvalue weighted by Gasteiger charge is -2.12. The summed E-state index contributed by atoms with van der Waals surface area (Å²) in [7, 11) is 1.60. The van der Waals surface area contributed by atoms with Gasteiger partial charge in [0, 0.05) is 17.5 Å². The van der Waals surface area contributed by atoms with Crippen LogP contribution in [-0.4, -0.2) is 30.1 Å². The first-order chi connectivity index (χ1) is 13.6. The number of thiazole rings is 1. The minimum atomic E-state index is -0.914. The average molecular weight is 396 g/mol. The van der Waals surface area contributed by atoms with E-state index in [0.29, 0.717) is 11.6 Å².